The van der Waals surface area contributed by atoms with Crippen molar-refractivity contribution in [3.8, 4) is 0 Å². The highest BCUT2D eigenvalue weighted by Gasteiger charge is 2.33. The molecule has 3 amide bonds. The Morgan fingerprint density at radius 3 is 1.69 bits per heavy atom. The second kappa shape index (κ2) is 12.9. The number of nitrogens with one attached hydrogen (secondary N) is 2. The first-order valence-corrected chi connectivity index (χ1v) is 12.6. The summed E-state index contributed by atoms with van der Waals surface area (Å²) in [7, 11) is 0. The molecule has 0 radical (unpaired) electrons. The zero-order valence-corrected chi connectivity index (χ0v) is 23.1. The van der Waals surface area contributed by atoms with Gasteiger partial charge in [0.2, 0.25) is 0 Å². The smallest absolute Gasteiger partial charge is 0.253 e. The van der Waals surface area contributed by atoms with E-state index in [0.717, 1.165) is 0 Å². The topological polar surface area (TPSA) is 169 Å². The SMILES string of the molecule is O=C(NC(CO)CO)c1c(I)c(C(=O)NC(CO)CO)c(I)c(N2CCOCC2=O)c1I. The summed E-state index contributed by atoms with van der Waals surface area (Å²) in [6.07, 6.45) is 0. The molecular formula is C18H22I3N3O8. The van der Waals surface area contributed by atoms with Crippen LogP contribution in [0.3, 0.4) is 0 Å². The molecule has 0 atom stereocenters. The zero-order valence-electron chi connectivity index (χ0n) is 16.6. The van der Waals surface area contributed by atoms with Crippen molar-refractivity contribution in [2.24, 2.45) is 0 Å². The average Bonchev–Trinajstić information content (AvgIpc) is 2.76. The van der Waals surface area contributed by atoms with Gasteiger partial charge in [-0.15, -0.1) is 0 Å². The van der Waals surface area contributed by atoms with Gasteiger partial charge in [0.15, 0.2) is 0 Å². The molecule has 6 N–H and O–H groups in total. The van der Waals surface area contributed by atoms with Crippen molar-refractivity contribution >= 4 is 91.2 Å². The minimum atomic E-state index is -0.910. The van der Waals surface area contributed by atoms with Gasteiger partial charge in [0.25, 0.3) is 17.7 Å². The maximum atomic E-state index is 13.1. The van der Waals surface area contributed by atoms with E-state index in [1.807, 2.05) is 67.8 Å². The minimum Gasteiger partial charge on any atom is -0.394 e. The van der Waals surface area contributed by atoms with Gasteiger partial charge in [-0.25, -0.2) is 0 Å². The normalized spacial score (nSPS) is 14.3. The third-order valence-corrected chi connectivity index (χ3v) is 7.73. The third kappa shape index (κ3) is 6.19. The highest BCUT2D eigenvalue weighted by molar-refractivity contribution is 14.1. The lowest BCUT2D eigenvalue weighted by atomic mass is 10.1. The number of ether oxygens (including phenoxy) is 1. The molecule has 1 aromatic rings. The minimum absolute atomic E-state index is 0.0995. The molecule has 14 heteroatoms. The van der Waals surface area contributed by atoms with E-state index in [4.69, 9.17) is 4.74 Å². The highest BCUT2D eigenvalue weighted by Crippen LogP contribution is 2.38. The first-order valence-electron chi connectivity index (χ1n) is 9.35. The van der Waals surface area contributed by atoms with Gasteiger partial charge >= 0.3 is 0 Å². The molecule has 1 saturated heterocycles. The second-order valence-electron chi connectivity index (χ2n) is 6.71. The molecule has 0 aromatic heterocycles. The van der Waals surface area contributed by atoms with Crippen molar-refractivity contribution < 1.29 is 39.5 Å². The van der Waals surface area contributed by atoms with E-state index in [-0.39, 0.29) is 40.4 Å². The van der Waals surface area contributed by atoms with Crippen molar-refractivity contribution in [3.05, 3.63) is 21.8 Å². The van der Waals surface area contributed by atoms with Gasteiger partial charge in [0, 0.05) is 10.1 Å². The maximum absolute atomic E-state index is 13.1. The van der Waals surface area contributed by atoms with Gasteiger partial charge in [-0.2, -0.15) is 0 Å². The summed E-state index contributed by atoms with van der Waals surface area (Å²) in [6, 6.07) is -1.82. The summed E-state index contributed by atoms with van der Waals surface area (Å²) in [4.78, 5) is 40.1. The van der Waals surface area contributed by atoms with Crippen molar-refractivity contribution in [2.75, 3.05) is 51.1 Å². The van der Waals surface area contributed by atoms with E-state index in [0.29, 0.717) is 12.8 Å². The van der Waals surface area contributed by atoms with Crippen LogP contribution in [0.2, 0.25) is 0 Å². The standard InChI is InChI=1S/C18H22I3N3O8/c19-13-11(17(30)22-8(3-25)4-26)14(20)16(24-1-2-32-7-10(24)29)15(21)12(13)18(31)23-9(5-27)6-28/h8-9,25-28H,1-7H2,(H,22,30)(H,23,31). The second-order valence-corrected chi connectivity index (χ2v) is 9.95. The number of rotatable bonds is 9. The van der Waals surface area contributed by atoms with Crippen LogP contribution in [0.1, 0.15) is 20.7 Å². The molecule has 1 aromatic carbocycles. The van der Waals surface area contributed by atoms with Gasteiger partial charge in [-0.3, -0.25) is 14.4 Å². The molecule has 1 fully saturated rings. The van der Waals surface area contributed by atoms with Crippen LogP contribution in [0.5, 0.6) is 0 Å². The fourth-order valence-corrected chi connectivity index (χ4v) is 7.58. The Morgan fingerprint density at radius 1 is 0.875 bits per heavy atom. The van der Waals surface area contributed by atoms with E-state index in [1.54, 1.807) is 0 Å². The van der Waals surface area contributed by atoms with Gasteiger partial charge < -0.3 is 40.7 Å². The fraction of sp³-hybridized carbons (Fsp3) is 0.500. The number of aliphatic hydroxyl groups excluding tert-OH is 4. The summed E-state index contributed by atoms with van der Waals surface area (Å²) in [5.74, 6) is -1.61. The van der Waals surface area contributed by atoms with Crippen molar-refractivity contribution in [3.63, 3.8) is 0 Å². The quantitative estimate of drug-likeness (QED) is 0.174. The first kappa shape index (κ1) is 27.9. The van der Waals surface area contributed by atoms with Crippen LogP contribution in [0.4, 0.5) is 5.69 Å². The summed E-state index contributed by atoms with van der Waals surface area (Å²) >= 11 is 5.71. The third-order valence-electron chi connectivity index (χ3n) is 4.56. The van der Waals surface area contributed by atoms with E-state index in [9.17, 15) is 34.8 Å². The van der Waals surface area contributed by atoms with Crippen LogP contribution in [0.15, 0.2) is 0 Å². The van der Waals surface area contributed by atoms with E-state index in [1.165, 1.54) is 4.90 Å². The van der Waals surface area contributed by atoms with E-state index < -0.39 is 50.3 Å². The van der Waals surface area contributed by atoms with Crippen LogP contribution in [-0.4, -0.2) is 96.4 Å². The number of hydrogen-bond acceptors (Lipinski definition) is 8. The Morgan fingerprint density at radius 2 is 1.31 bits per heavy atom. The Balaban J connectivity index is 2.69. The van der Waals surface area contributed by atoms with Gasteiger partial charge in [0.05, 0.1) is 69.1 Å². The number of carbonyl (C=O) groups is 3. The first-order chi connectivity index (χ1) is 15.2. The Bertz CT molecular complexity index is 825. The molecule has 1 heterocycles. The summed E-state index contributed by atoms with van der Waals surface area (Å²) in [5, 5.41) is 42.4. The van der Waals surface area contributed by atoms with Crippen LogP contribution in [0, 0.1) is 10.7 Å². The summed E-state index contributed by atoms with van der Waals surface area (Å²) in [6.45, 7) is -1.60. The van der Waals surface area contributed by atoms with Crippen molar-refractivity contribution in [1.29, 1.82) is 0 Å². The number of anilines is 1. The van der Waals surface area contributed by atoms with Crippen LogP contribution in [-0.2, 0) is 9.53 Å². The fourth-order valence-electron chi connectivity index (χ4n) is 2.85. The predicted molar refractivity (Wildman–Crippen MR) is 139 cm³/mol. The van der Waals surface area contributed by atoms with Crippen LogP contribution in [0.25, 0.3) is 0 Å². The molecule has 0 unspecified atom stereocenters. The molecule has 1 aliphatic heterocycles. The predicted octanol–water partition coefficient (Wildman–Crippen LogP) is -0.970. The van der Waals surface area contributed by atoms with E-state index in [2.05, 4.69) is 10.6 Å². The Hall–Kier alpha value is -0.380. The molecule has 178 valence electrons. The number of morpholine rings is 1. The number of carbonyl (C=O) groups excluding carboxylic acids is 3. The van der Waals surface area contributed by atoms with Gasteiger partial charge in [-0.1, -0.05) is 0 Å². The number of amides is 3. The zero-order chi connectivity index (χ0) is 24.0. The Kier molecular flexibility index (Phi) is 11.2. The number of halogens is 3. The lowest BCUT2D eigenvalue weighted by Gasteiger charge is -2.31. The lowest BCUT2D eigenvalue weighted by molar-refractivity contribution is -0.125. The maximum Gasteiger partial charge on any atom is 0.253 e. The highest BCUT2D eigenvalue weighted by atomic mass is 127. The molecule has 0 saturated carbocycles. The number of hydrogen-bond donors (Lipinski definition) is 6. The molecule has 0 aliphatic carbocycles. The van der Waals surface area contributed by atoms with E-state index >= 15 is 0 Å². The lowest BCUT2D eigenvalue weighted by Crippen LogP contribution is -2.45. The number of benzene rings is 1. The largest absolute Gasteiger partial charge is 0.394 e. The summed E-state index contributed by atoms with van der Waals surface area (Å²) in [5.41, 5.74) is 0.564. The number of nitrogens with zero attached hydrogens (tertiary/aromatic N) is 1. The van der Waals surface area contributed by atoms with Crippen LogP contribution < -0.4 is 15.5 Å². The Labute approximate surface area is 224 Å². The van der Waals surface area contributed by atoms with Gasteiger partial charge in [0.1, 0.15) is 6.61 Å². The van der Waals surface area contributed by atoms with Crippen LogP contribution >= 0.6 is 67.8 Å². The van der Waals surface area contributed by atoms with Gasteiger partial charge in [-0.05, 0) is 67.8 Å². The van der Waals surface area contributed by atoms with Crippen molar-refractivity contribution in [1.82, 2.24) is 10.6 Å². The molecule has 0 bridgehead atoms. The van der Waals surface area contributed by atoms with Crippen molar-refractivity contribution in [2.45, 2.75) is 12.1 Å². The average molecular weight is 789 g/mol. The monoisotopic (exact) mass is 789 g/mol. The molecular weight excluding hydrogens is 767 g/mol. The summed E-state index contributed by atoms with van der Waals surface area (Å²) < 4.78 is 6.29. The number of aliphatic hydroxyl groups is 4. The molecule has 2 rings (SSSR count). The molecule has 1 aliphatic rings. The molecule has 11 nitrogen and oxygen atoms in total. The molecule has 32 heavy (non-hydrogen) atoms. The molecule has 0 spiro atoms.